The van der Waals surface area contributed by atoms with E-state index in [0.717, 1.165) is 4.90 Å². The van der Waals surface area contributed by atoms with E-state index in [-0.39, 0.29) is 42.0 Å². The predicted octanol–water partition coefficient (Wildman–Crippen LogP) is 1.57. The molecule has 0 unspecified atom stereocenters. The molecule has 0 radical (unpaired) electrons. The summed E-state index contributed by atoms with van der Waals surface area (Å²) >= 11 is 0. The zero-order valence-electron chi connectivity index (χ0n) is 18.9. The van der Waals surface area contributed by atoms with Crippen LogP contribution >= 0.6 is 0 Å². The molecular weight excluding hydrogens is 454 g/mol. The summed E-state index contributed by atoms with van der Waals surface area (Å²) in [5.41, 5.74) is 1.32. The van der Waals surface area contributed by atoms with Gasteiger partial charge in [0.2, 0.25) is 0 Å². The Morgan fingerprint density at radius 3 is 2.20 bits per heavy atom. The number of hydrogen-bond donors (Lipinski definition) is 2. The average Bonchev–Trinajstić information content (AvgIpc) is 3.11. The van der Waals surface area contributed by atoms with Crippen LogP contribution in [0.4, 0.5) is 4.79 Å². The molecule has 2 heterocycles. The Morgan fingerprint density at radius 1 is 0.943 bits per heavy atom. The minimum atomic E-state index is -1.26. The third kappa shape index (κ3) is 4.91. The molecule has 10 heteroatoms. The summed E-state index contributed by atoms with van der Waals surface area (Å²) in [6.07, 6.45) is 0.0306. The lowest BCUT2D eigenvalue weighted by Crippen LogP contribution is -2.48. The molecule has 2 N–H and O–H groups in total. The second-order valence-electron chi connectivity index (χ2n) is 7.82. The second-order valence-corrected chi connectivity index (χ2v) is 7.82. The Hall–Kier alpha value is -4.47. The summed E-state index contributed by atoms with van der Waals surface area (Å²) in [7, 11) is 0. The summed E-state index contributed by atoms with van der Waals surface area (Å²) in [6, 6.07) is 13.4. The SMILES string of the molecule is CCOC(=O)C1=C(COC(=O)[C@H](Cc2ccccc2)N2C(=O)c3ccccc3C2=O)NC(=O)NC1. The molecule has 0 bridgehead atoms. The number of rotatable bonds is 8. The lowest BCUT2D eigenvalue weighted by molar-refractivity contribution is -0.147. The molecule has 0 saturated carbocycles. The molecule has 35 heavy (non-hydrogen) atoms. The Morgan fingerprint density at radius 2 is 1.57 bits per heavy atom. The smallest absolute Gasteiger partial charge is 0.337 e. The number of benzene rings is 2. The molecule has 180 valence electrons. The van der Waals surface area contributed by atoms with E-state index >= 15 is 0 Å². The highest BCUT2D eigenvalue weighted by atomic mass is 16.5. The molecule has 0 fully saturated rings. The van der Waals surface area contributed by atoms with Gasteiger partial charge in [0, 0.05) is 6.42 Å². The van der Waals surface area contributed by atoms with Crippen molar-refractivity contribution in [3.05, 3.63) is 82.6 Å². The third-order valence-corrected chi connectivity index (χ3v) is 5.62. The molecule has 2 aromatic rings. The maximum Gasteiger partial charge on any atom is 0.337 e. The van der Waals surface area contributed by atoms with Gasteiger partial charge in [0.1, 0.15) is 12.6 Å². The molecule has 1 atom stereocenters. The zero-order valence-corrected chi connectivity index (χ0v) is 18.9. The van der Waals surface area contributed by atoms with Crippen molar-refractivity contribution in [2.24, 2.45) is 0 Å². The fourth-order valence-electron chi connectivity index (χ4n) is 3.92. The van der Waals surface area contributed by atoms with Gasteiger partial charge in [-0.05, 0) is 24.6 Å². The number of ether oxygens (including phenoxy) is 2. The third-order valence-electron chi connectivity index (χ3n) is 5.62. The number of nitrogens with one attached hydrogen (secondary N) is 2. The van der Waals surface area contributed by atoms with Crippen molar-refractivity contribution in [3.63, 3.8) is 0 Å². The molecule has 2 aliphatic heterocycles. The normalized spacial score (nSPS) is 15.8. The van der Waals surface area contributed by atoms with Gasteiger partial charge in [-0.25, -0.2) is 14.4 Å². The number of esters is 2. The van der Waals surface area contributed by atoms with Crippen molar-refractivity contribution in [2.75, 3.05) is 19.8 Å². The summed E-state index contributed by atoms with van der Waals surface area (Å²) in [5, 5.41) is 4.92. The highest BCUT2D eigenvalue weighted by Gasteiger charge is 2.43. The number of nitrogens with zero attached hydrogens (tertiary/aromatic N) is 1. The first kappa shape index (κ1) is 23.7. The molecule has 0 aliphatic carbocycles. The van der Waals surface area contributed by atoms with Gasteiger partial charge in [-0.2, -0.15) is 0 Å². The Bertz CT molecular complexity index is 1190. The van der Waals surface area contributed by atoms with Crippen molar-refractivity contribution < 1.29 is 33.4 Å². The Kier molecular flexibility index (Phi) is 6.91. The Labute approximate surface area is 200 Å². The first-order valence-corrected chi connectivity index (χ1v) is 11.0. The number of carbonyl (C=O) groups is 5. The van der Waals surface area contributed by atoms with Crippen LogP contribution in [0.15, 0.2) is 65.9 Å². The van der Waals surface area contributed by atoms with Gasteiger partial charge in [-0.1, -0.05) is 42.5 Å². The fraction of sp³-hybridized carbons (Fsp3) is 0.240. The maximum absolute atomic E-state index is 13.3. The van der Waals surface area contributed by atoms with Gasteiger partial charge < -0.3 is 20.1 Å². The number of fused-ring (bicyclic) bond motifs is 1. The van der Waals surface area contributed by atoms with Crippen LogP contribution in [0.3, 0.4) is 0 Å². The van der Waals surface area contributed by atoms with Gasteiger partial charge in [0.05, 0.1) is 35.5 Å². The first-order chi connectivity index (χ1) is 16.9. The number of imide groups is 1. The fourth-order valence-corrected chi connectivity index (χ4v) is 3.92. The molecule has 2 aliphatic rings. The minimum Gasteiger partial charge on any atom is -0.463 e. The highest BCUT2D eigenvalue weighted by Crippen LogP contribution is 2.26. The topological polar surface area (TPSA) is 131 Å². The molecule has 0 saturated heterocycles. The first-order valence-electron chi connectivity index (χ1n) is 11.0. The molecule has 4 amide bonds. The van der Waals surface area contributed by atoms with Gasteiger partial charge in [0.15, 0.2) is 0 Å². The second kappa shape index (κ2) is 10.2. The molecule has 4 rings (SSSR count). The van der Waals surface area contributed by atoms with E-state index in [1.807, 2.05) is 6.07 Å². The van der Waals surface area contributed by atoms with Crippen molar-refractivity contribution in [3.8, 4) is 0 Å². The van der Waals surface area contributed by atoms with Gasteiger partial charge in [-0.15, -0.1) is 0 Å². The molecular formula is C25H23N3O7. The van der Waals surface area contributed by atoms with Crippen LogP contribution in [0.1, 0.15) is 33.2 Å². The number of hydrogen-bond acceptors (Lipinski definition) is 7. The Balaban J connectivity index is 1.60. The standard InChI is InChI=1S/C25H23N3O7/c1-2-34-23(31)18-13-26-25(33)27-19(18)14-35-24(32)20(12-15-8-4-3-5-9-15)28-21(29)16-10-6-7-11-17(16)22(28)30/h3-11,20H,2,12-14H2,1H3,(H2,26,27,33)/t20-/m0/s1. The van der Waals surface area contributed by atoms with E-state index in [9.17, 15) is 24.0 Å². The lowest BCUT2D eigenvalue weighted by Gasteiger charge is -2.26. The van der Waals surface area contributed by atoms with Gasteiger partial charge >= 0.3 is 18.0 Å². The summed E-state index contributed by atoms with van der Waals surface area (Å²) in [5.74, 6) is -2.70. The van der Waals surface area contributed by atoms with Crippen molar-refractivity contribution in [1.82, 2.24) is 15.5 Å². The molecule has 0 spiro atoms. The number of carbonyl (C=O) groups excluding carboxylic acids is 5. The van der Waals surface area contributed by atoms with Crippen LogP contribution in [0.2, 0.25) is 0 Å². The monoisotopic (exact) mass is 477 g/mol. The summed E-state index contributed by atoms with van der Waals surface area (Å²) in [6.45, 7) is 1.23. The van der Waals surface area contributed by atoms with E-state index in [2.05, 4.69) is 10.6 Å². The van der Waals surface area contributed by atoms with Crippen LogP contribution in [0.5, 0.6) is 0 Å². The average molecular weight is 477 g/mol. The summed E-state index contributed by atoms with van der Waals surface area (Å²) in [4.78, 5) is 64.3. The van der Waals surface area contributed by atoms with Crippen molar-refractivity contribution >= 4 is 29.8 Å². The van der Waals surface area contributed by atoms with Crippen molar-refractivity contribution in [2.45, 2.75) is 19.4 Å². The minimum absolute atomic E-state index is 0.0306. The van der Waals surface area contributed by atoms with Gasteiger partial charge in [-0.3, -0.25) is 14.5 Å². The maximum atomic E-state index is 13.3. The van der Waals surface area contributed by atoms with Crippen LogP contribution < -0.4 is 10.6 Å². The van der Waals surface area contributed by atoms with Crippen LogP contribution in [0.25, 0.3) is 0 Å². The molecule has 10 nitrogen and oxygen atoms in total. The number of amides is 4. The van der Waals surface area contributed by atoms with E-state index in [0.29, 0.717) is 5.56 Å². The molecule has 2 aromatic carbocycles. The van der Waals surface area contributed by atoms with E-state index in [1.165, 1.54) is 12.1 Å². The largest absolute Gasteiger partial charge is 0.463 e. The predicted molar refractivity (Wildman–Crippen MR) is 122 cm³/mol. The summed E-state index contributed by atoms with van der Waals surface area (Å²) < 4.78 is 10.4. The number of urea groups is 1. The van der Waals surface area contributed by atoms with E-state index in [4.69, 9.17) is 9.47 Å². The highest BCUT2D eigenvalue weighted by molar-refractivity contribution is 6.22. The molecule has 0 aromatic heterocycles. The van der Waals surface area contributed by atoms with E-state index in [1.54, 1.807) is 43.3 Å². The quantitative estimate of drug-likeness (QED) is 0.436. The van der Waals surface area contributed by atoms with Crippen LogP contribution in [0, 0.1) is 0 Å². The van der Waals surface area contributed by atoms with Crippen LogP contribution in [-0.2, 0) is 25.5 Å². The van der Waals surface area contributed by atoms with E-state index < -0.39 is 42.4 Å². The van der Waals surface area contributed by atoms with Gasteiger partial charge in [0.25, 0.3) is 11.8 Å². The van der Waals surface area contributed by atoms with Crippen LogP contribution in [-0.4, -0.2) is 60.5 Å². The zero-order chi connectivity index (χ0) is 24.9. The lowest BCUT2D eigenvalue weighted by atomic mass is 10.0. The van der Waals surface area contributed by atoms with Crippen molar-refractivity contribution in [1.29, 1.82) is 0 Å².